The molecule has 5 nitrogen and oxygen atoms in total. The Morgan fingerprint density at radius 3 is 2.46 bits per heavy atom. The van der Waals surface area contributed by atoms with Crippen molar-refractivity contribution in [1.29, 1.82) is 0 Å². The molecule has 0 aliphatic carbocycles. The van der Waals surface area contributed by atoms with Crippen LogP contribution in [0.15, 0.2) is 36.4 Å². The van der Waals surface area contributed by atoms with E-state index in [1.165, 1.54) is 6.07 Å². The minimum atomic E-state index is -0.815. The van der Waals surface area contributed by atoms with Crippen LogP contribution in [-0.2, 0) is 0 Å². The van der Waals surface area contributed by atoms with Crippen LogP contribution in [-0.4, -0.2) is 37.4 Å². The van der Waals surface area contributed by atoms with Crippen LogP contribution >= 0.6 is 11.8 Å². The van der Waals surface area contributed by atoms with Crippen molar-refractivity contribution in [2.45, 2.75) is 5.37 Å². The van der Waals surface area contributed by atoms with Gasteiger partial charge in [0.1, 0.15) is 28.5 Å². The number of amides is 2. The summed E-state index contributed by atoms with van der Waals surface area (Å²) in [5.41, 5.74) is 0.786. The SMILES string of the molecule is COc1cc(OC)cc([C@H]2SCCN2C(=O)Nc2ccc(F)cc2F)c1. The largest absolute Gasteiger partial charge is 0.497 e. The van der Waals surface area contributed by atoms with Gasteiger partial charge in [-0.2, -0.15) is 0 Å². The van der Waals surface area contributed by atoms with E-state index in [2.05, 4.69) is 5.32 Å². The van der Waals surface area contributed by atoms with Gasteiger partial charge in [0.25, 0.3) is 0 Å². The van der Waals surface area contributed by atoms with E-state index in [-0.39, 0.29) is 11.1 Å². The summed E-state index contributed by atoms with van der Waals surface area (Å²) < 4.78 is 37.4. The summed E-state index contributed by atoms with van der Waals surface area (Å²) in [5, 5.41) is 2.24. The zero-order chi connectivity index (χ0) is 18.7. The quantitative estimate of drug-likeness (QED) is 0.861. The van der Waals surface area contributed by atoms with E-state index >= 15 is 0 Å². The maximum absolute atomic E-state index is 13.8. The third kappa shape index (κ3) is 3.85. The van der Waals surface area contributed by atoms with Gasteiger partial charge < -0.3 is 19.7 Å². The summed E-state index contributed by atoms with van der Waals surface area (Å²) in [5.74, 6) is 0.473. The van der Waals surface area contributed by atoms with Crippen LogP contribution in [0.25, 0.3) is 0 Å². The fourth-order valence-electron chi connectivity index (χ4n) is 2.70. The fourth-order valence-corrected chi connectivity index (χ4v) is 3.94. The molecule has 1 aliphatic rings. The number of anilines is 1. The first-order valence-corrected chi connectivity index (χ1v) is 8.94. The van der Waals surface area contributed by atoms with Crippen LogP contribution in [0.2, 0.25) is 0 Å². The number of halogens is 2. The molecule has 1 saturated heterocycles. The number of ether oxygens (including phenoxy) is 2. The van der Waals surface area contributed by atoms with Gasteiger partial charge >= 0.3 is 6.03 Å². The van der Waals surface area contributed by atoms with Crippen LogP contribution in [0.5, 0.6) is 11.5 Å². The van der Waals surface area contributed by atoms with Crippen LogP contribution < -0.4 is 14.8 Å². The van der Waals surface area contributed by atoms with Crippen molar-refractivity contribution in [2.75, 3.05) is 31.8 Å². The third-order valence-electron chi connectivity index (χ3n) is 3.98. The lowest BCUT2D eigenvalue weighted by Crippen LogP contribution is -2.34. The Kier molecular flexibility index (Phi) is 5.51. The lowest BCUT2D eigenvalue weighted by Gasteiger charge is -2.25. The Morgan fingerprint density at radius 2 is 1.85 bits per heavy atom. The number of methoxy groups -OCH3 is 2. The Balaban J connectivity index is 1.82. The number of nitrogens with one attached hydrogen (secondary N) is 1. The molecule has 1 heterocycles. The van der Waals surface area contributed by atoms with E-state index in [9.17, 15) is 13.6 Å². The Labute approximate surface area is 154 Å². The monoisotopic (exact) mass is 380 g/mol. The topological polar surface area (TPSA) is 50.8 Å². The van der Waals surface area contributed by atoms with E-state index < -0.39 is 17.7 Å². The van der Waals surface area contributed by atoms with E-state index in [1.807, 2.05) is 12.1 Å². The second-order valence-electron chi connectivity index (χ2n) is 5.62. The number of nitrogens with zero attached hydrogens (tertiary/aromatic N) is 1. The molecule has 1 aliphatic heterocycles. The first-order chi connectivity index (χ1) is 12.5. The maximum atomic E-state index is 13.8. The Hall–Kier alpha value is -2.48. The summed E-state index contributed by atoms with van der Waals surface area (Å²) in [6.07, 6.45) is 0. The number of carbonyl (C=O) groups is 1. The molecule has 0 radical (unpaired) electrons. The van der Waals surface area contributed by atoms with Crippen LogP contribution in [0.1, 0.15) is 10.9 Å². The molecule has 138 valence electrons. The molecular weight excluding hydrogens is 362 g/mol. The van der Waals surface area contributed by atoms with Gasteiger partial charge in [-0.3, -0.25) is 0 Å². The maximum Gasteiger partial charge on any atom is 0.323 e. The molecule has 0 saturated carbocycles. The third-order valence-corrected chi connectivity index (χ3v) is 5.24. The number of benzene rings is 2. The number of urea groups is 1. The van der Waals surface area contributed by atoms with Gasteiger partial charge in [-0.05, 0) is 29.8 Å². The molecule has 26 heavy (non-hydrogen) atoms. The molecular formula is C18H18F2N2O3S. The van der Waals surface area contributed by atoms with Gasteiger partial charge in [-0.25, -0.2) is 13.6 Å². The molecule has 0 unspecified atom stereocenters. The molecule has 0 bridgehead atoms. The Bertz CT molecular complexity index is 797. The zero-order valence-corrected chi connectivity index (χ0v) is 15.1. The number of thioether (sulfide) groups is 1. The molecule has 2 aromatic rings. The van der Waals surface area contributed by atoms with Gasteiger partial charge in [-0.15, -0.1) is 11.8 Å². The van der Waals surface area contributed by atoms with Crippen LogP contribution in [0.3, 0.4) is 0 Å². The van der Waals surface area contributed by atoms with Crippen molar-refractivity contribution in [3.63, 3.8) is 0 Å². The number of carbonyl (C=O) groups excluding carboxylic acids is 1. The second kappa shape index (κ2) is 7.82. The highest BCUT2D eigenvalue weighted by Crippen LogP contribution is 2.40. The number of rotatable bonds is 4. The summed E-state index contributed by atoms with van der Waals surface area (Å²) in [6.45, 7) is 0.503. The first kappa shape index (κ1) is 18.3. The van der Waals surface area contributed by atoms with E-state index in [0.29, 0.717) is 18.0 Å². The smallest absolute Gasteiger partial charge is 0.323 e. The van der Waals surface area contributed by atoms with Crippen molar-refractivity contribution >= 4 is 23.5 Å². The summed E-state index contributed by atoms with van der Waals surface area (Å²) in [6, 6.07) is 8.01. The van der Waals surface area contributed by atoms with E-state index in [4.69, 9.17) is 9.47 Å². The highest BCUT2D eigenvalue weighted by molar-refractivity contribution is 7.99. The highest BCUT2D eigenvalue weighted by Gasteiger charge is 2.31. The van der Waals surface area contributed by atoms with Gasteiger partial charge in [-0.1, -0.05) is 0 Å². The Morgan fingerprint density at radius 1 is 1.15 bits per heavy atom. The van der Waals surface area contributed by atoms with Crippen molar-refractivity contribution in [3.05, 3.63) is 53.6 Å². The molecule has 0 spiro atoms. The predicted molar refractivity (Wildman–Crippen MR) is 96.8 cm³/mol. The first-order valence-electron chi connectivity index (χ1n) is 7.89. The summed E-state index contributed by atoms with van der Waals surface area (Å²) in [7, 11) is 3.12. The second-order valence-corrected chi connectivity index (χ2v) is 6.80. The number of hydrogen-bond acceptors (Lipinski definition) is 4. The minimum absolute atomic E-state index is 0.0599. The van der Waals surface area contributed by atoms with Gasteiger partial charge in [0.15, 0.2) is 0 Å². The summed E-state index contributed by atoms with van der Waals surface area (Å²) in [4.78, 5) is 14.2. The van der Waals surface area contributed by atoms with E-state index in [0.717, 1.165) is 23.4 Å². The van der Waals surface area contributed by atoms with Gasteiger partial charge in [0, 0.05) is 24.4 Å². The van der Waals surface area contributed by atoms with Gasteiger partial charge in [0.2, 0.25) is 0 Å². The molecule has 1 fully saturated rings. The molecule has 3 rings (SSSR count). The number of hydrogen-bond donors (Lipinski definition) is 1. The molecule has 0 aromatic heterocycles. The minimum Gasteiger partial charge on any atom is -0.497 e. The predicted octanol–water partition coefficient (Wildman–Crippen LogP) is 4.26. The average molecular weight is 380 g/mol. The average Bonchev–Trinajstić information content (AvgIpc) is 3.13. The lowest BCUT2D eigenvalue weighted by molar-refractivity contribution is 0.214. The molecule has 2 amide bonds. The highest BCUT2D eigenvalue weighted by atomic mass is 32.2. The summed E-state index contributed by atoms with van der Waals surface area (Å²) >= 11 is 1.59. The van der Waals surface area contributed by atoms with Crippen molar-refractivity contribution in [1.82, 2.24) is 4.90 Å². The molecule has 1 atom stereocenters. The fraction of sp³-hybridized carbons (Fsp3) is 0.278. The van der Waals surface area contributed by atoms with Crippen molar-refractivity contribution in [2.24, 2.45) is 0 Å². The van der Waals surface area contributed by atoms with Crippen molar-refractivity contribution in [3.8, 4) is 11.5 Å². The molecule has 2 aromatic carbocycles. The lowest BCUT2D eigenvalue weighted by atomic mass is 10.2. The van der Waals surface area contributed by atoms with Crippen LogP contribution in [0, 0.1) is 11.6 Å². The van der Waals surface area contributed by atoms with Crippen LogP contribution in [0.4, 0.5) is 19.3 Å². The normalized spacial score (nSPS) is 16.5. The van der Waals surface area contributed by atoms with Gasteiger partial charge in [0.05, 0.1) is 19.9 Å². The standard InChI is InChI=1S/C18H18F2N2O3S/c1-24-13-7-11(8-14(10-13)25-2)17-22(5-6-26-17)18(23)21-16-4-3-12(19)9-15(16)20/h3-4,7-10,17H,5-6H2,1-2H3,(H,21,23)/t17-/m1/s1. The van der Waals surface area contributed by atoms with Crippen molar-refractivity contribution < 1.29 is 23.0 Å². The zero-order valence-electron chi connectivity index (χ0n) is 14.3. The molecule has 1 N–H and O–H groups in total. The van der Waals surface area contributed by atoms with E-state index in [1.54, 1.807) is 36.9 Å². The molecule has 8 heteroatoms.